The maximum atomic E-state index is 12.9. The van der Waals surface area contributed by atoms with E-state index in [0.717, 1.165) is 25.1 Å². The number of hydrogen-bond donors (Lipinski definition) is 1. The molecule has 154 valence electrons. The van der Waals surface area contributed by atoms with Gasteiger partial charge in [-0.3, -0.25) is 14.6 Å². The average Bonchev–Trinajstić information content (AvgIpc) is 3.27. The third-order valence-corrected chi connectivity index (χ3v) is 5.53. The van der Waals surface area contributed by atoms with Crippen LogP contribution in [-0.4, -0.2) is 48.4 Å². The third-order valence-electron chi connectivity index (χ3n) is 5.53. The number of carbonyl (C=O) groups excluding carboxylic acids is 2. The Bertz CT molecular complexity index is 828. The molecule has 0 bridgehead atoms. The van der Waals surface area contributed by atoms with E-state index in [9.17, 15) is 9.59 Å². The number of anilines is 2. The van der Waals surface area contributed by atoms with Crippen molar-refractivity contribution in [2.24, 2.45) is 5.41 Å². The Morgan fingerprint density at radius 3 is 2.31 bits per heavy atom. The molecule has 0 atom stereocenters. The lowest BCUT2D eigenvalue weighted by Crippen LogP contribution is -2.46. The van der Waals surface area contributed by atoms with Gasteiger partial charge in [0.15, 0.2) is 0 Å². The third kappa shape index (κ3) is 5.13. The van der Waals surface area contributed by atoms with Gasteiger partial charge in [-0.05, 0) is 75.1 Å². The molecule has 1 fully saturated rings. The van der Waals surface area contributed by atoms with Crippen LogP contribution in [0.3, 0.4) is 0 Å². The van der Waals surface area contributed by atoms with Crippen LogP contribution in [0.1, 0.15) is 32.3 Å². The van der Waals surface area contributed by atoms with Crippen LogP contribution in [0.2, 0.25) is 0 Å². The molecule has 0 spiro atoms. The fourth-order valence-electron chi connectivity index (χ4n) is 3.54. The molecule has 3 rings (SSSR count). The largest absolute Gasteiger partial charge is 0.372 e. The minimum Gasteiger partial charge on any atom is -0.372 e. The molecular weight excluding hydrogens is 364 g/mol. The SMILES string of the molecule is CN(CCc1ccncc1)C(=O)C(C)(C)C(=O)Nc1ccc(N2CCCC2)cc1. The topological polar surface area (TPSA) is 65.5 Å². The Kier molecular flexibility index (Phi) is 6.52. The molecule has 0 radical (unpaired) electrons. The van der Waals surface area contributed by atoms with E-state index in [4.69, 9.17) is 0 Å². The summed E-state index contributed by atoms with van der Waals surface area (Å²) in [4.78, 5) is 33.7. The number of hydrogen-bond acceptors (Lipinski definition) is 4. The van der Waals surface area contributed by atoms with E-state index in [-0.39, 0.29) is 11.8 Å². The first-order chi connectivity index (χ1) is 13.9. The fourth-order valence-corrected chi connectivity index (χ4v) is 3.54. The van der Waals surface area contributed by atoms with Crippen molar-refractivity contribution in [2.45, 2.75) is 33.1 Å². The van der Waals surface area contributed by atoms with Crippen molar-refractivity contribution in [1.82, 2.24) is 9.88 Å². The summed E-state index contributed by atoms with van der Waals surface area (Å²) >= 11 is 0. The van der Waals surface area contributed by atoms with Gasteiger partial charge in [0.25, 0.3) is 0 Å². The molecule has 1 N–H and O–H groups in total. The molecule has 6 nitrogen and oxygen atoms in total. The van der Waals surface area contributed by atoms with Crippen LogP contribution in [0, 0.1) is 5.41 Å². The molecule has 29 heavy (non-hydrogen) atoms. The Hall–Kier alpha value is -2.89. The van der Waals surface area contributed by atoms with E-state index in [0.29, 0.717) is 12.2 Å². The summed E-state index contributed by atoms with van der Waals surface area (Å²) in [7, 11) is 1.74. The molecule has 1 aliphatic heterocycles. The molecule has 1 aliphatic rings. The van der Waals surface area contributed by atoms with Crippen LogP contribution in [-0.2, 0) is 16.0 Å². The predicted molar refractivity (Wildman–Crippen MR) is 116 cm³/mol. The summed E-state index contributed by atoms with van der Waals surface area (Å²) in [6.07, 6.45) is 6.65. The first-order valence-corrected chi connectivity index (χ1v) is 10.2. The molecule has 6 heteroatoms. The number of benzene rings is 1. The highest BCUT2D eigenvalue weighted by atomic mass is 16.2. The minimum atomic E-state index is -1.15. The van der Waals surface area contributed by atoms with Gasteiger partial charge >= 0.3 is 0 Å². The lowest BCUT2D eigenvalue weighted by atomic mass is 9.90. The predicted octanol–water partition coefficient (Wildman–Crippen LogP) is 3.35. The van der Waals surface area contributed by atoms with Crippen LogP contribution in [0.15, 0.2) is 48.8 Å². The van der Waals surface area contributed by atoms with Gasteiger partial charge in [-0.1, -0.05) is 0 Å². The van der Waals surface area contributed by atoms with Gasteiger partial charge in [-0.15, -0.1) is 0 Å². The van der Waals surface area contributed by atoms with Crippen LogP contribution < -0.4 is 10.2 Å². The summed E-state index contributed by atoms with van der Waals surface area (Å²) in [5, 5.41) is 2.90. The van der Waals surface area contributed by atoms with Gasteiger partial charge in [0.2, 0.25) is 11.8 Å². The molecule has 1 saturated heterocycles. The van der Waals surface area contributed by atoms with Gasteiger partial charge in [0, 0.05) is 50.5 Å². The summed E-state index contributed by atoms with van der Waals surface area (Å²) in [6, 6.07) is 11.7. The summed E-state index contributed by atoms with van der Waals surface area (Å²) in [5.41, 5.74) is 1.84. The van der Waals surface area contributed by atoms with Crippen LogP contribution in [0.25, 0.3) is 0 Å². The number of likely N-dealkylation sites (N-methyl/N-ethyl adjacent to an activating group) is 1. The number of pyridine rings is 1. The van der Waals surface area contributed by atoms with Gasteiger partial charge in [-0.25, -0.2) is 0 Å². The molecule has 1 aromatic heterocycles. The Morgan fingerprint density at radius 1 is 1.07 bits per heavy atom. The fraction of sp³-hybridized carbons (Fsp3) is 0.435. The summed E-state index contributed by atoms with van der Waals surface area (Å²) < 4.78 is 0. The second-order valence-electron chi connectivity index (χ2n) is 8.15. The Labute approximate surface area is 172 Å². The highest BCUT2D eigenvalue weighted by molar-refractivity contribution is 6.09. The molecular formula is C23H30N4O2. The minimum absolute atomic E-state index is 0.197. The van der Waals surface area contributed by atoms with Crippen molar-refractivity contribution < 1.29 is 9.59 Å². The van der Waals surface area contributed by atoms with Crippen molar-refractivity contribution in [1.29, 1.82) is 0 Å². The quantitative estimate of drug-likeness (QED) is 0.732. The lowest BCUT2D eigenvalue weighted by Gasteiger charge is -2.28. The van der Waals surface area contributed by atoms with E-state index in [1.165, 1.54) is 18.5 Å². The zero-order valence-corrected chi connectivity index (χ0v) is 17.5. The number of rotatable bonds is 7. The zero-order chi connectivity index (χ0) is 20.9. The number of aromatic nitrogens is 1. The van der Waals surface area contributed by atoms with Gasteiger partial charge in [-0.2, -0.15) is 0 Å². The Morgan fingerprint density at radius 2 is 1.69 bits per heavy atom. The van der Waals surface area contributed by atoms with Crippen LogP contribution in [0.4, 0.5) is 11.4 Å². The number of nitrogens with one attached hydrogen (secondary N) is 1. The molecule has 0 aliphatic carbocycles. The van der Waals surface area contributed by atoms with Crippen molar-refractivity contribution in [3.05, 3.63) is 54.4 Å². The van der Waals surface area contributed by atoms with Crippen molar-refractivity contribution >= 4 is 23.2 Å². The summed E-state index contributed by atoms with van der Waals surface area (Å²) in [6.45, 7) is 6.06. The van der Waals surface area contributed by atoms with E-state index < -0.39 is 5.41 Å². The smallest absolute Gasteiger partial charge is 0.239 e. The lowest BCUT2D eigenvalue weighted by molar-refractivity contribution is -0.145. The first kappa shape index (κ1) is 20.8. The maximum absolute atomic E-state index is 12.9. The first-order valence-electron chi connectivity index (χ1n) is 10.2. The number of nitrogens with zero attached hydrogens (tertiary/aromatic N) is 3. The highest BCUT2D eigenvalue weighted by Crippen LogP contribution is 2.25. The molecule has 0 saturated carbocycles. The highest BCUT2D eigenvalue weighted by Gasteiger charge is 2.38. The Balaban J connectivity index is 1.57. The number of carbonyl (C=O) groups is 2. The number of amides is 2. The average molecular weight is 395 g/mol. The maximum Gasteiger partial charge on any atom is 0.239 e. The molecule has 0 unspecified atom stereocenters. The van der Waals surface area contributed by atoms with E-state index in [1.54, 1.807) is 38.2 Å². The van der Waals surface area contributed by atoms with Gasteiger partial charge < -0.3 is 15.1 Å². The normalized spacial score (nSPS) is 14.0. The second-order valence-corrected chi connectivity index (χ2v) is 8.15. The van der Waals surface area contributed by atoms with Gasteiger partial charge in [0.1, 0.15) is 5.41 Å². The zero-order valence-electron chi connectivity index (χ0n) is 17.5. The van der Waals surface area contributed by atoms with Crippen molar-refractivity contribution in [3.63, 3.8) is 0 Å². The van der Waals surface area contributed by atoms with E-state index in [2.05, 4.69) is 15.2 Å². The molecule has 2 heterocycles. The van der Waals surface area contributed by atoms with Crippen molar-refractivity contribution in [2.75, 3.05) is 36.9 Å². The molecule has 2 amide bonds. The standard InChI is InChI=1S/C23H30N4O2/c1-23(2,22(29)26(3)17-12-18-10-13-24-14-11-18)21(28)25-19-6-8-20(9-7-19)27-15-4-5-16-27/h6-11,13-14H,4-5,12,15-17H2,1-3H3,(H,25,28). The second kappa shape index (κ2) is 9.07. The summed E-state index contributed by atoms with van der Waals surface area (Å²) in [5.74, 6) is -0.495. The van der Waals surface area contributed by atoms with E-state index >= 15 is 0 Å². The molecule has 2 aromatic rings. The van der Waals surface area contributed by atoms with Crippen molar-refractivity contribution in [3.8, 4) is 0 Å². The van der Waals surface area contributed by atoms with E-state index in [1.807, 2.05) is 36.4 Å². The van der Waals surface area contributed by atoms with Gasteiger partial charge in [0.05, 0.1) is 0 Å². The molecule has 1 aromatic carbocycles. The van der Waals surface area contributed by atoms with Crippen LogP contribution >= 0.6 is 0 Å². The van der Waals surface area contributed by atoms with Crippen LogP contribution in [0.5, 0.6) is 0 Å². The monoisotopic (exact) mass is 394 g/mol.